The minimum absolute atomic E-state index is 0.0273. The first-order valence-electron chi connectivity index (χ1n) is 6.41. The lowest BCUT2D eigenvalue weighted by molar-refractivity contribution is -0.384. The van der Waals surface area contributed by atoms with E-state index in [1.165, 1.54) is 0 Å². The maximum absolute atomic E-state index is 11.1. The Morgan fingerprint density at radius 1 is 1.40 bits per heavy atom. The molecule has 0 aliphatic heterocycles. The fourth-order valence-electron chi connectivity index (χ4n) is 2.07. The van der Waals surface area contributed by atoms with Gasteiger partial charge >= 0.3 is 5.69 Å². The van der Waals surface area contributed by atoms with Gasteiger partial charge in [-0.05, 0) is 32.9 Å². The van der Waals surface area contributed by atoms with Gasteiger partial charge in [0, 0.05) is 12.2 Å². The van der Waals surface area contributed by atoms with Crippen LogP contribution in [-0.4, -0.2) is 19.7 Å². The van der Waals surface area contributed by atoms with Crippen LogP contribution in [-0.2, 0) is 13.1 Å². The molecule has 0 aliphatic carbocycles. The fourth-order valence-corrected chi connectivity index (χ4v) is 2.07. The highest BCUT2D eigenvalue weighted by atomic mass is 16.6. The summed E-state index contributed by atoms with van der Waals surface area (Å²) in [4.78, 5) is 15.1. The summed E-state index contributed by atoms with van der Waals surface area (Å²) in [5, 5.41) is 18.4. The van der Waals surface area contributed by atoms with Gasteiger partial charge in [-0.15, -0.1) is 0 Å². The summed E-state index contributed by atoms with van der Waals surface area (Å²) < 4.78 is 1.60. The minimum atomic E-state index is -0.402. The predicted octanol–water partition coefficient (Wildman–Crippen LogP) is 2.44. The SMILES string of the molecule is CCn1nc(C)c([N+](=O)[O-])c1NCc1cccc(C)n1. The first-order chi connectivity index (χ1) is 9.52. The van der Waals surface area contributed by atoms with E-state index in [-0.39, 0.29) is 5.69 Å². The van der Waals surface area contributed by atoms with Crippen molar-refractivity contribution in [3.05, 3.63) is 45.4 Å². The Balaban J connectivity index is 2.26. The first kappa shape index (κ1) is 14.0. The molecule has 2 heterocycles. The number of hydrogen-bond donors (Lipinski definition) is 1. The van der Waals surface area contributed by atoms with Crippen LogP contribution in [0.3, 0.4) is 0 Å². The molecule has 0 amide bonds. The monoisotopic (exact) mass is 275 g/mol. The van der Waals surface area contributed by atoms with Crippen molar-refractivity contribution >= 4 is 11.5 Å². The first-order valence-corrected chi connectivity index (χ1v) is 6.41. The molecule has 0 atom stereocenters. The topological polar surface area (TPSA) is 85.9 Å². The molecule has 1 N–H and O–H groups in total. The molecule has 20 heavy (non-hydrogen) atoms. The molecule has 7 heteroatoms. The van der Waals surface area contributed by atoms with Crippen molar-refractivity contribution in [2.24, 2.45) is 0 Å². The van der Waals surface area contributed by atoms with Crippen molar-refractivity contribution in [1.82, 2.24) is 14.8 Å². The van der Waals surface area contributed by atoms with Crippen molar-refractivity contribution in [2.45, 2.75) is 33.9 Å². The molecule has 7 nitrogen and oxygen atoms in total. The minimum Gasteiger partial charge on any atom is -0.359 e. The third kappa shape index (κ3) is 2.76. The molecular weight excluding hydrogens is 258 g/mol. The zero-order chi connectivity index (χ0) is 14.7. The summed E-state index contributed by atoms with van der Waals surface area (Å²) in [6, 6.07) is 5.70. The zero-order valence-corrected chi connectivity index (χ0v) is 11.8. The second-order valence-corrected chi connectivity index (χ2v) is 4.48. The summed E-state index contributed by atoms with van der Waals surface area (Å²) >= 11 is 0. The van der Waals surface area contributed by atoms with Crippen LogP contribution >= 0.6 is 0 Å². The molecule has 0 saturated carbocycles. The second kappa shape index (κ2) is 5.68. The van der Waals surface area contributed by atoms with Crippen molar-refractivity contribution in [3.8, 4) is 0 Å². The Kier molecular flexibility index (Phi) is 3.97. The highest BCUT2D eigenvalue weighted by Gasteiger charge is 2.24. The van der Waals surface area contributed by atoms with Gasteiger partial charge in [0.1, 0.15) is 5.69 Å². The summed E-state index contributed by atoms with van der Waals surface area (Å²) in [5.74, 6) is 0.429. The van der Waals surface area contributed by atoms with Gasteiger partial charge in [-0.2, -0.15) is 5.10 Å². The summed E-state index contributed by atoms with van der Waals surface area (Å²) in [6.45, 7) is 6.44. The van der Waals surface area contributed by atoms with Crippen molar-refractivity contribution in [2.75, 3.05) is 5.32 Å². The van der Waals surface area contributed by atoms with Crippen LogP contribution in [0.1, 0.15) is 24.0 Å². The highest BCUT2D eigenvalue weighted by molar-refractivity contribution is 5.59. The number of nitro groups is 1. The Morgan fingerprint density at radius 2 is 2.15 bits per heavy atom. The van der Waals surface area contributed by atoms with Gasteiger partial charge in [0.15, 0.2) is 0 Å². The molecule has 0 radical (unpaired) electrons. The van der Waals surface area contributed by atoms with Gasteiger partial charge in [0.2, 0.25) is 5.82 Å². The lowest BCUT2D eigenvalue weighted by Gasteiger charge is -2.07. The third-order valence-corrected chi connectivity index (χ3v) is 2.96. The van der Waals surface area contributed by atoms with Crippen molar-refractivity contribution in [1.29, 1.82) is 0 Å². The molecule has 2 aromatic rings. The van der Waals surface area contributed by atoms with E-state index >= 15 is 0 Å². The molecule has 0 aromatic carbocycles. The molecule has 2 aromatic heterocycles. The number of rotatable bonds is 5. The Labute approximate surface area is 116 Å². The van der Waals surface area contributed by atoms with Crippen LogP contribution < -0.4 is 5.32 Å². The zero-order valence-electron chi connectivity index (χ0n) is 11.8. The number of hydrogen-bond acceptors (Lipinski definition) is 5. The molecule has 106 valence electrons. The number of nitrogens with zero attached hydrogens (tertiary/aromatic N) is 4. The van der Waals surface area contributed by atoms with E-state index in [4.69, 9.17) is 0 Å². The Morgan fingerprint density at radius 3 is 2.75 bits per heavy atom. The van der Waals surface area contributed by atoms with E-state index in [0.717, 1.165) is 11.4 Å². The molecule has 2 rings (SSSR count). The maximum Gasteiger partial charge on any atom is 0.333 e. The van der Waals surface area contributed by atoms with Gasteiger partial charge in [-0.3, -0.25) is 15.1 Å². The lowest BCUT2D eigenvalue weighted by atomic mass is 10.3. The fraction of sp³-hybridized carbons (Fsp3) is 0.385. The third-order valence-electron chi connectivity index (χ3n) is 2.96. The van der Waals surface area contributed by atoms with Crippen molar-refractivity contribution in [3.63, 3.8) is 0 Å². The largest absolute Gasteiger partial charge is 0.359 e. The average molecular weight is 275 g/mol. The van der Waals surface area contributed by atoms with Gasteiger partial charge in [-0.25, -0.2) is 4.68 Å². The number of aromatic nitrogens is 3. The standard InChI is InChI=1S/C13H17N5O2/c1-4-17-13(12(18(19)20)10(3)16-17)14-8-11-7-5-6-9(2)15-11/h5-7,14H,4,8H2,1-3H3. The van der Waals surface area contributed by atoms with Crippen LogP contribution in [0.2, 0.25) is 0 Å². The Hall–Kier alpha value is -2.44. The quantitative estimate of drug-likeness (QED) is 0.669. The molecule has 0 saturated heterocycles. The molecule has 0 unspecified atom stereocenters. The van der Waals surface area contributed by atoms with E-state index in [1.54, 1.807) is 11.6 Å². The summed E-state index contributed by atoms with van der Waals surface area (Å²) in [7, 11) is 0. The summed E-state index contributed by atoms with van der Waals surface area (Å²) in [6.07, 6.45) is 0. The van der Waals surface area contributed by atoms with E-state index in [1.807, 2.05) is 32.0 Å². The van der Waals surface area contributed by atoms with Crippen LogP contribution in [0.5, 0.6) is 0 Å². The number of nitrogens with one attached hydrogen (secondary N) is 1. The van der Waals surface area contributed by atoms with Gasteiger partial charge in [-0.1, -0.05) is 6.07 Å². The van der Waals surface area contributed by atoms with Crippen LogP contribution in [0.4, 0.5) is 11.5 Å². The van der Waals surface area contributed by atoms with E-state index in [0.29, 0.717) is 24.6 Å². The summed E-state index contributed by atoms with van der Waals surface area (Å²) in [5.41, 5.74) is 2.19. The molecule has 0 aliphatic rings. The van der Waals surface area contributed by atoms with Crippen LogP contribution in [0.25, 0.3) is 0 Å². The highest BCUT2D eigenvalue weighted by Crippen LogP contribution is 2.28. The average Bonchev–Trinajstić information content (AvgIpc) is 2.72. The van der Waals surface area contributed by atoms with Crippen LogP contribution in [0, 0.1) is 24.0 Å². The van der Waals surface area contributed by atoms with Gasteiger partial charge in [0.05, 0.1) is 17.2 Å². The second-order valence-electron chi connectivity index (χ2n) is 4.48. The van der Waals surface area contributed by atoms with Crippen molar-refractivity contribution < 1.29 is 4.92 Å². The van der Waals surface area contributed by atoms with E-state index in [9.17, 15) is 10.1 Å². The molecule has 0 bridgehead atoms. The van der Waals surface area contributed by atoms with E-state index in [2.05, 4.69) is 15.4 Å². The number of pyridine rings is 1. The maximum atomic E-state index is 11.1. The van der Waals surface area contributed by atoms with Gasteiger partial charge < -0.3 is 5.32 Å². The van der Waals surface area contributed by atoms with E-state index < -0.39 is 4.92 Å². The smallest absolute Gasteiger partial charge is 0.333 e. The Bertz CT molecular complexity index is 636. The number of anilines is 1. The molecule has 0 spiro atoms. The normalized spacial score (nSPS) is 10.6. The molecule has 0 fully saturated rings. The lowest BCUT2D eigenvalue weighted by Crippen LogP contribution is -2.09. The predicted molar refractivity (Wildman–Crippen MR) is 75.6 cm³/mol. The number of aryl methyl sites for hydroxylation is 3. The van der Waals surface area contributed by atoms with Gasteiger partial charge in [0.25, 0.3) is 0 Å². The van der Waals surface area contributed by atoms with Crippen LogP contribution in [0.15, 0.2) is 18.2 Å². The molecular formula is C13H17N5O2.